The summed E-state index contributed by atoms with van der Waals surface area (Å²) in [6.45, 7) is 5.00. The third-order valence-electron chi connectivity index (χ3n) is 4.20. The van der Waals surface area contributed by atoms with Gasteiger partial charge in [0.2, 0.25) is 5.91 Å². The van der Waals surface area contributed by atoms with Crippen LogP contribution in [0.15, 0.2) is 48.5 Å². The van der Waals surface area contributed by atoms with Crippen molar-refractivity contribution in [2.24, 2.45) is 0 Å². The summed E-state index contributed by atoms with van der Waals surface area (Å²) >= 11 is 0. The zero-order chi connectivity index (χ0) is 18.9. The largest absolute Gasteiger partial charge is 0.497 e. The van der Waals surface area contributed by atoms with Gasteiger partial charge < -0.3 is 15.0 Å². The highest BCUT2D eigenvalue weighted by Crippen LogP contribution is 2.13. The zero-order valence-electron chi connectivity index (χ0n) is 15.6. The fraction of sp³-hybridized carbons (Fsp3) is 0.333. The van der Waals surface area contributed by atoms with Crippen LogP contribution >= 0.6 is 0 Å². The van der Waals surface area contributed by atoms with Crippen molar-refractivity contribution in [1.82, 2.24) is 10.2 Å². The van der Waals surface area contributed by atoms with Gasteiger partial charge in [0.25, 0.3) is 5.91 Å². The Balaban J connectivity index is 1.84. The monoisotopic (exact) mass is 354 g/mol. The molecule has 0 spiro atoms. The molecule has 0 heterocycles. The smallest absolute Gasteiger partial charge is 0.251 e. The first kappa shape index (κ1) is 19.5. The number of carbonyl (C=O) groups excluding carboxylic acids is 2. The summed E-state index contributed by atoms with van der Waals surface area (Å²) in [4.78, 5) is 25.8. The molecule has 0 radical (unpaired) electrons. The number of carbonyl (C=O) groups is 2. The third-order valence-corrected chi connectivity index (χ3v) is 4.20. The van der Waals surface area contributed by atoms with Crippen LogP contribution in [0.2, 0.25) is 0 Å². The molecule has 138 valence electrons. The molecule has 0 fully saturated rings. The molecule has 0 aliphatic rings. The molecule has 0 unspecified atom stereocenters. The van der Waals surface area contributed by atoms with Crippen molar-refractivity contribution < 1.29 is 14.3 Å². The highest BCUT2D eigenvalue weighted by atomic mass is 16.5. The third kappa shape index (κ3) is 5.92. The fourth-order valence-corrected chi connectivity index (χ4v) is 2.71. The molecule has 0 atom stereocenters. The van der Waals surface area contributed by atoms with E-state index in [9.17, 15) is 9.59 Å². The van der Waals surface area contributed by atoms with Gasteiger partial charge in [-0.1, -0.05) is 29.8 Å². The molecule has 0 saturated heterocycles. The van der Waals surface area contributed by atoms with E-state index in [0.29, 0.717) is 25.2 Å². The Kier molecular flexibility index (Phi) is 7.21. The van der Waals surface area contributed by atoms with Crippen LogP contribution in [0.4, 0.5) is 0 Å². The number of nitrogens with zero attached hydrogens (tertiary/aromatic N) is 1. The maximum absolute atomic E-state index is 12.2. The van der Waals surface area contributed by atoms with Gasteiger partial charge in [-0.2, -0.15) is 0 Å². The van der Waals surface area contributed by atoms with Crippen molar-refractivity contribution in [3.63, 3.8) is 0 Å². The van der Waals surface area contributed by atoms with Crippen LogP contribution in [-0.4, -0.2) is 43.5 Å². The average molecular weight is 354 g/mol. The van der Waals surface area contributed by atoms with E-state index in [-0.39, 0.29) is 11.8 Å². The van der Waals surface area contributed by atoms with Crippen LogP contribution in [0.3, 0.4) is 0 Å². The Morgan fingerprint density at radius 3 is 2.54 bits per heavy atom. The SMILES string of the molecule is COc1cccc(CCN(CCNC(=O)c2cccc(C)c2)C(C)=O)c1. The van der Waals surface area contributed by atoms with E-state index in [1.807, 2.05) is 49.4 Å². The summed E-state index contributed by atoms with van der Waals surface area (Å²) in [6, 6.07) is 15.3. The minimum atomic E-state index is -0.120. The maximum Gasteiger partial charge on any atom is 0.251 e. The van der Waals surface area contributed by atoms with E-state index in [4.69, 9.17) is 4.74 Å². The maximum atomic E-state index is 12.2. The lowest BCUT2D eigenvalue weighted by molar-refractivity contribution is -0.128. The number of ether oxygens (including phenoxy) is 1. The second-order valence-electron chi connectivity index (χ2n) is 6.23. The molecule has 1 N–H and O–H groups in total. The summed E-state index contributed by atoms with van der Waals surface area (Å²) in [6.07, 6.45) is 0.739. The van der Waals surface area contributed by atoms with Gasteiger partial charge in [-0.25, -0.2) is 0 Å². The summed E-state index contributed by atoms with van der Waals surface area (Å²) in [5.74, 6) is 0.685. The molecule has 5 nitrogen and oxygen atoms in total. The topological polar surface area (TPSA) is 58.6 Å². The summed E-state index contributed by atoms with van der Waals surface area (Å²) in [5.41, 5.74) is 2.79. The quantitative estimate of drug-likeness (QED) is 0.793. The van der Waals surface area contributed by atoms with E-state index >= 15 is 0 Å². The van der Waals surface area contributed by atoms with Crippen LogP contribution < -0.4 is 10.1 Å². The molecular weight excluding hydrogens is 328 g/mol. The van der Waals surface area contributed by atoms with E-state index in [2.05, 4.69) is 5.32 Å². The van der Waals surface area contributed by atoms with Crippen LogP contribution in [0, 0.1) is 6.92 Å². The first-order valence-corrected chi connectivity index (χ1v) is 8.73. The van der Waals surface area contributed by atoms with Crippen molar-refractivity contribution in [3.05, 3.63) is 65.2 Å². The zero-order valence-corrected chi connectivity index (χ0v) is 15.6. The summed E-state index contributed by atoms with van der Waals surface area (Å²) < 4.78 is 5.22. The number of nitrogens with one attached hydrogen (secondary N) is 1. The van der Waals surface area contributed by atoms with Crippen LogP contribution in [-0.2, 0) is 11.2 Å². The van der Waals surface area contributed by atoms with Gasteiger partial charge in [0.15, 0.2) is 0 Å². The first-order chi connectivity index (χ1) is 12.5. The van der Waals surface area contributed by atoms with Crippen molar-refractivity contribution in [3.8, 4) is 5.75 Å². The fourth-order valence-electron chi connectivity index (χ4n) is 2.71. The standard InChI is InChI=1S/C21H26N2O3/c1-16-6-4-8-19(14-16)21(25)22-11-13-23(17(2)24)12-10-18-7-5-9-20(15-18)26-3/h4-9,14-15H,10-13H2,1-3H3,(H,22,25). The summed E-state index contributed by atoms with van der Waals surface area (Å²) in [7, 11) is 1.64. The van der Waals surface area contributed by atoms with Gasteiger partial charge in [-0.3, -0.25) is 9.59 Å². The normalized spacial score (nSPS) is 10.3. The van der Waals surface area contributed by atoms with Crippen LogP contribution in [0.5, 0.6) is 5.75 Å². The first-order valence-electron chi connectivity index (χ1n) is 8.73. The number of hydrogen-bond donors (Lipinski definition) is 1. The predicted molar refractivity (Wildman–Crippen MR) is 102 cm³/mol. The molecule has 0 aromatic heterocycles. The van der Waals surface area contributed by atoms with Gasteiger partial charge >= 0.3 is 0 Å². The molecule has 2 amide bonds. The number of amides is 2. The molecule has 2 aromatic carbocycles. The number of benzene rings is 2. The highest BCUT2D eigenvalue weighted by molar-refractivity contribution is 5.94. The number of aryl methyl sites for hydroxylation is 1. The Hall–Kier alpha value is -2.82. The van der Waals surface area contributed by atoms with E-state index in [1.165, 1.54) is 0 Å². The molecule has 0 saturated carbocycles. The van der Waals surface area contributed by atoms with Crippen molar-refractivity contribution in [1.29, 1.82) is 0 Å². The Labute approximate surface area is 155 Å². The minimum Gasteiger partial charge on any atom is -0.497 e. The second-order valence-corrected chi connectivity index (χ2v) is 6.23. The molecular formula is C21H26N2O3. The van der Waals surface area contributed by atoms with Crippen LogP contribution in [0.1, 0.15) is 28.4 Å². The van der Waals surface area contributed by atoms with E-state index < -0.39 is 0 Å². The van der Waals surface area contributed by atoms with Gasteiger partial charge in [0.1, 0.15) is 5.75 Å². The van der Waals surface area contributed by atoms with Crippen molar-refractivity contribution in [2.45, 2.75) is 20.3 Å². The molecule has 26 heavy (non-hydrogen) atoms. The predicted octanol–water partition coefficient (Wildman–Crippen LogP) is 2.82. The number of methoxy groups -OCH3 is 1. The van der Waals surface area contributed by atoms with Crippen molar-refractivity contribution >= 4 is 11.8 Å². The van der Waals surface area contributed by atoms with Crippen molar-refractivity contribution in [2.75, 3.05) is 26.7 Å². The molecule has 2 aromatic rings. The van der Waals surface area contributed by atoms with E-state index in [1.54, 1.807) is 25.0 Å². The Morgan fingerprint density at radius 1 is 1.08 bits per heavy atom. The molecule has 5 heteroatoms. The van der Waals surface area contributed by atoms with Gasteiger partial charge in [-0.15, -0.1) is 0 Å². The number of rotatable bonds is 8. The Morgan fingerprint density at radius 2 is 1.85 bits per heavy atom. The molecule has 0 bridgehead atoms. The number of hydrogen-bond acceptors (Lipinski definition) is 3. The van der Waals surface area contributed by atoms with Gasteiger partial charge in [0, 0.05) is 32.1 Å². The lowest BCUT2D eigenvalue weighted by atomic mass is 10.1. The summed E-state index contributed by atoms with van der Waals surface area (Å²) in [5, 5.41) is 2.88. The van der Waals surface area contributed by atoms with Gasteiger partial charge in [0.05, 0.1) is 7.11 Å². The Bertz CT molecular complexity index is 758. The van der Waals surface area contributed by atoms with Crippen LogP contribution in [0.25, 0.3) is 0 Å². The minimum absolute atomic E-state index is 0.00213. The van der Waals surface area contributed by atoms with Gasteiger partial charge in [-0.05, 0) is 43.2 Å². The lowest BCUT2D eigenvalue weighted by Crippen LogP contribution is -2.38. The lowest BCUT2D eigenvalue weighted by Gasteiger charge is -2.21. The molecule has 0 aliphatic carbocycles. The second kappa shape index (κ2) is 9.61. The molecule has 2 rings (SSSR count). The molecule has 0 aliphatic heterocycles. The highest BCUT2D eigenvalue weighted by Gasteiger charge is 2.10. The average Bonchev–Trinajstić information content (AvgIpc) is 2.64. The van der Waals surface area contributed by atoms with E-state index in [0.717, 1.165) is 23.3 Å².